The Kier molecular flexibility index (Phi) is 3.16. The smallest absolute Gasteiger partial charge is 0.131 e. The molecule has 1 saturated heterocycles. The van der Waals surface area contributed by atoms with Crippen molar-refractivity contribution >= 4 is 5.69 Å². The van der Waals surface area contributed by atoms with Crippen LogP contribution in [-0.2, 0) is 0 Å². The number of anilines is 1. The molecule has 2 rings (SSSR count). The monoisotopic (exact) mass is 209 g/mol. The minimum atomic E-state index is -0.971. The second-order valence-corrected chi connectivity index (χ2v) is 3.99. The second-order valence-electron chi connectivity index (χ2n) is 3.99. The Hall–Kier alpha value is -1.16. The van der Waals surface area contributed by atoms with Gasteiger partial charge in [0.2, 0.25) is 0 Å². The van der Waals surface area contributed by atoms with Crippen LogP contribution in [0.4, 0.5) is 10.1 Å². The molecule has 0 amide bonds. The molecule has 0 radical (unpaired) electrons. The Balaban J connectivity index is 2.12. The maximum absolute atomic E-state index is 14.1. The Labute approximate surface area is 88.9 Å². The number of piperidine rings is 1. The van der Waals surface area contributed by atoms with Gasteiger partial charge in [0.25, 0.3) is 0 Å². The van der Waals surface area contributed by atoms with Gasteiger partial charge in [-0.3, -0.25) is 4.98 Å². The van der Waals surface area contributed by atoms with E-state index < -0.39 is 6.17 Å². The number of rotatable bonds is 2. The van der Waals surface area contributed by atoms with Crippen molar-refractivity contribution in [2.24, 2.45) is 5.92 Å². The van der Waals surface area contributed by atoms with Crippen LogP contribution >= 0.6 is 0 Å². The van der Waals surface area contributed by atoms with Crippen LogP contribution in [0, 0.1) is 5.92 Å². The summed E-state index contributed by atoms with van der Waals surface area (Å²) in [5.74, 6) is 0.0812. The predicted octanol–water partition coefficient (Wildman–Crippen LogP) is 1.67. The van der Waals surface area contributed by atoms with Crippen LogP contribution in [-0.4, -0.2) is 18.1 Å². The number of alkyl halides is 1. The molecule has 1 aromatic heterocycles. The number of nitrogens with two attached hydrogens (primary N) is 1. The molecule has 1 aliphatic rings. The zero-order chi connectivity index (χ0) is 10.7. The molecule has 3 N–H and O–H groups in total. The zero-order valence-electron chi connectivity index (χ0n) is 8.62. The number of nitrogen functional groups attached to an aromatic ring is 1. The molecule has 0 bridgehead atoms. The molecule has 0 spiro atoms. The average molecular weight is 209 g/mol. The number of hydrogen-bond acceptors (Lipinski definition) is 3. The van der Waals surface area contributed by atoms with Gasteiger partial charge in [0, 0.05) is 23.6 Å². The van der Waals surface area contributed by atoms with E-state index in [-0.39, 0.29) is 5.92 Å². The van der Waals surface area contributed by atoms with E-state index >= 15 is 0 Å². The molecule has 4 heteroatoms. The molecular formula is C11H16FN3. The number of nitrogens with zero attached hydrogens (tertiary/aromatic N) is 1. The maximum atomic E-state index is 14.1. The van der Waals surface area contributed by atoms with Crippen LogP contribution in [0.1, 0.15) is 24.6 Å². The Morgan fingerprint density at radius 2 is 2.20 bits per heavy atom. The second kappa shape index (κ2) is 4.57. The van der Waals surface area contributed by atoms with Crippen LogP contribution < -0.4 is 11.1 Å². The molecule has 82 valence electrons. The number of hydrogen-bond donors (Lipinski definition) is 2. The van der Waals surface area contributed by atoms with E-state index in [9.17, 15) is 4.39 Å². The Morgan fingerprint density at radius 3 is 2.87 bits per heavy atom. The lowest BCUT2D eigenvalue weighted by molar-refractivity contribution is 0.191. The molecule has 1 aromatic rings. The van der Waals surface area contributed by atoms with Crippen molar-refractivity contribution in [1.82, 2.24) is 10.3 Å². The molecule has 2 heterocycles. The summed E-state index contributed by atoms with van der Waals surface area (Å²) in [6, 6.07) is 1.66. The number of halogens is 1. The standard InChI is InChI=1S/C11H16FN3/c12-11(8-1-4-14-5-2-8)9-7-15-6-3-10(9)13/h3,6-8,11,14H,1-2,4-5H2,(H2,13,15). The van der Waals surface area contributed by atoms with E-state index in [0.717, 1.165) is 25.9 Å². The third kappa shape index (κ3) is 2.26. The summed E-state index contributed by atoms with van der Waals surface area (Å²) in [5, 5.41) is 3.22. The molecule has 1 aliphatic heterocycles. The third-order valence-corrected chi connectivity index (χ3v) is 2.98. The van der Waals surface area contributed by atoms with Crippen molar-refractivity contribution in [1.29, 1.82) is 0 Å². The highest BCUT2D eigenvalue weighted by Gasteiger charge is 2.25. The molecule has 0 aliphatic carbocycles. The molecule has 0 saturated carbocycles. The highest BCUT2D eigenvalue weighted by molar-refractivity contribution is 5.45. The highest BCUT2D eigenvalue weighted by atomic mass is 19.1. The van der Waals surface area contributed by atoms with Crippen LogP contribution in [0.5, 0.6) is 0 Å². The fourth-order valence-corrected chi connectivity index (χ4v) is 2.04. The lowest BCUT2D eigenvalue weighted by Gasteiger charge is -2.26. The van der Waals surface area contributed by atoms with Crippen LogP contribution in [0.25, 0.3) is 0 Å². The minimum absolute atomic E-state index is 0.0812. The summed E-state index contributed by atoms with van der Waals surface area (Å²) in [4.78, 5) is 3.93. The van der Waals surface area contributed by atoms with E-state index in [1.165, 1.54) is 0 Å². The van der Waals surface area contributed by atoms with Crippen molar-refractivity contribution in [3.63, 3.8) is 0 Å². The molecule has 3 nitrogen and oxygen atoms in total. The fraction of sp³-hybridized carbons (Fsp3) is 0.545. The van der Waals surface area contributed by atoms with Gasteiger partial charge in [0.05, 0.1) is 0 Å². The minimum Gasteiger partial charge on any atom is -0.398 e. The Bertz CT molecular complexity index is 323. The van der Waals surface area contributed by atoms with E-state index in [2.05, 4.69) is 10.3 Å². The topological polar surface area (TPSA) is 50.9 Å². The molecule has 15 heavy (non-hydrogen) atoms. The van der Waals surface area contributed by atoms with Crippen molar-refractivity contribution in [3.05, 3.63) is 24.0 Å². The zero-order valence-corrected chi connectivity index (χ0v) is 8.62. The molecule has 1 unspecified atom stereocenters. The fourth-order valence-electron chi connectivity index (χ4n) is 2.04. The average Bonchev–Trinajstić information content (AvgIpc) is 2.30. The first-order valence-corrected chi connectivity index (χ1v) is 5.33. The summed E-state index contributed by atoms with van der Waals surface area (Å²) in [7, 11) is 0. The van der Waals surface area contributed by atoms with E-state index in [0.29, 0.717) is 11.3 Å². The van der Waals surface area contributed by atoms with Gasteiger partial charge in [0.15, 0.2) is 0 Å². The predicted molar refractivity (Wildman–Crippen MR) is 58.1 cm³/mol. The first-order valence-electron chi connectivity index (χ1n) is 5.33. The maximum Gasteiger partial charge on any atom is 0.131 e. The van der Waals surface area contributed by atoms with Crippen LogP contribution in [0.15, 0.2) is 18.5 Å². The molecule has 1 fully saturated rings. The van der Waals surface area contributed by atoms with Gasteiger partial charge in [-0.25, -0.2) is 4.39 Å². The van der Waals surface area contributed by atoms with E-state index in [4.69, 9.17) is 5.73 Å². The van der Waals surface area contributed by atoms with Crippen molar-refractivity contribution in [2.45, 2.75) is 19.0 Å². The van der Waals surface area contributed by atoms with Crippen molar-refractivity contribution < 1.29 is 4.39 Å². The summed E-state index contributed by atoms with van der Waals surface area (Å²) >= 11 is 0. The van der Waals surface area contributed by atoms with E-state index in [1.54, 1.807) is 18.5 Å². The molecular weight excluding hydrogens is 193 g/mol. The first kappa shape index (κ1) is 10.4. The van der Waals surface area contributed by atoms with Crippen molar-refractivity contribution in [2.75, 3.05) is 18.8 Å². The van der Waals surface area contributed by atoms with Gasteiger partial charge < -0.3 is 11.1 Å². The summed E-state index contributed by atoms with van der Waals surface area (Å²) in [6.07, 6.45) is 3.90. The van der Waals surface area contributed by atoms with Gasteiger partial charge in [0.1, 0.15) is 6.17 Å². The van der Waals surface area contributed by atoms with Gasteiger partial charge in [-0.05, 0) is 37.9 Å². The largest absolute Gasteiger partial charge is 0.398 e. The lowest BCUT2D eigenvalue weighted by Crippen LogP contribution is -2.30. The third-order valence-electron chi connectivity index (χ3n) is 2.98. The van der Waals surface area contributed by atoms with Crippen LogP contribution in [0.2, 0.25) is 0 Å². The van der Waals surface area contributed by atoms with E-state index in [1.807, 2.05) is 0 Å². The molecule has 0 aromatic carbocycles. The lowest BCUT2D eigenvalue weighted by atomic mass is 9.89. The van der Waals surface area contributed by atoms with Gasteiger partial charge in [-0.1, -0.05) is 0 Å². The quantitative estimate of drug-likeness (QED) is 0.779. The first-order chi connectivity index (χ1) is 7.29. The highest BCUT2D eigenvalue weighted by Crippen LogP contribution is 2.34. The van der Waals surface area contributed by atoms with Gasteiger partial charge in [-0.2, -0.15) is 0 Å². The number of pyridine rings is 1. The summed E-state index contributed by atoms with van der Waals surface area (Å²) in [6.45, 7) is 1.79. The van der Waals surface area contributed by atoms with Crippen molar-refractivity contribution in [3.8, 4) is 0 Å². The SMILES string of the molecule is Nc1ccncc1C(F)C1CCNCC1. The van der Waals surface area contributed by atoms with Crippen LogP contribution in [0.3, 0.4) is 0 Å². The number of nitrogens with one attached hydrogen (secondary N) is 1. The summed E-state index contributed by atoms with van der Waals surface area (Å²) < 4.78 is 14.1. The molecule has 1 atom stereocenters. The Morgan fingerprint density at radius 1 is 1.47 bits per heavy atom. The van der Waals surface area contributed by atoms with Gasteiger partial charge >= 0.3 is 0 Å². The number of aromatic nitrogens is 1. The summed E-state index contributed by atoms with van der Waals surface area (Å²) in [5.41, 5.74) is 6.79. The normalized spacial score (nSPS) is 20.1. The van der Waals surface area contributed by atoms with Gasteiger partial charge in [-0.15, -0.1) is 0 Å².